The van der Waals surface area contributed by atoms with Crippen molar-refractivity contribution in [1.29, 1.82) is 0 Å². The van der Waals surface area contributed by atoms with E-state index in [2.05, 4.69) is 45.0 Å². The largest absolute Gasteiger partial charge is 0.449 e. The van der Waals surface area contributed by atoms with Crippen molar-refractivity contribution >= 4 is 22.6 Å². The molecule has 2 saturated carbocycles. The third-order valence-corrected chi connectivity index (χ3v) is 7.55. The summed E-state index contributed by atoms with van der Waals surface area (Å²) in [4.78, 5) is 15.1. The van der Waals surface area contributed by atoms with Crippen LogP contribution in [0.2, 0.25) is 0 Å². The number of benzene rings is 2. The fourth-order valence-electron chi connectivity index (χ4n) is 5.56. The number of hydrogen-bond acceptors (Lipinski definition) is 2. The van der Waals surface area contributed by atoms with Crippen molar-refractivity contribution in [3.8, 4) is 0 Å². The number of fused-ring (bicyclic) bond motifs is 3. The van der Waals surface area contributed by atoms with Gasteiger partial charge in [-0.1, -0.05) is 57.2 Å². The van der Waals surface area contributed by atoms with Gasteiger partial charge in [-0.25, -0.2) is 4.79 Å². The average Bonchev–Trinajstić information content (AvgIpc) is 2.96. The lowest BCUT2D eigenvalue weighted by atomic mass is 9.68. The molecule has 2 aromatic rings. The molecule has 3 unspecified atom stereocenters. The molecule has 0 radical (unpaired) electrons. The summed E-state index contributed by atoms with van der Waals surface area (Å²) in [6.07, 6.45) is 3.30. The minimum atomic E-state index is -0.210. The van der Waals surface area contributed by atoms with E-state index >= 15 is 0 Å². The number of carbonyl (C=O) groups excluding carboxylic acids is 1. The van der Waals surface area contributed by atoms with Crippen LogP contribution in [0.15, 0.2) is 42.5 Å². The van der Waals surface area contributed by atoms with E-state index in [0.717, 1.165) is 22.9 Å². The lowest BCUT2D eigenvalue weighted by molar-refractivity contribution is 0.119. The summed E-state index contributed by atoms with van der Waals surface area (Å²) in [5.41, 5.74) is 1.34. The molecule has 0 aromatic heterocycles. The Kier molecular flexibility index (Phi) is 4.02. The first-order valence-corrected chi connectivity index (χ1v) is 9.84. The molecule has 2 aromatic carbocycles. The van der Waals surface area contributed by atoms with Crippen molar-refractivity contribution in [3.05, 3.63) is 42.5 Å². The molecule has 0 aliphatic heterocycles. The number of carbonyl (C=O) groups is 1. The Morgan fingerprint density at radius 2 is 1.88 bits per heavy atom. The zero-order valence-corrected chi connectivity index (χ0v) is 16.3. The van der Waals surface area contributed by atoms with Crippen LogP contribution in [0, 0.1) is 16.7 Å². The fraction of sp³-hybridized carbons (Fsp3) is 0.522. The molecule has 2 fully saturated rings. The van der Waals surface area contributed by atoms with Crippen LogP contribution >= 0.6 is 0 Å². The molecule has 1 amide bonds. The maximum Gasteiger partial charge on any atom is 0.414 e. The summed E-state index contributed by atoms with van der Waals surface area (Å²) in [6.45, 7) is 9.43. The van der Waals surface area contributed by atoms with E-state index < -0.39 is 0 Å². The highest BCUT2D eigenvalue weighted by Crippen LogP contribution is 2.67. The van der Waals surface area contributed by atoms with Crippen LogP contribution in [0.5, 0.6) is 0 Å². The highest BCUT2D eigenvalue weighted by Gasteiger charge is 2.63. The van der Waals surface area contributed by atoms with Gasteiger partial charge in [0.15, 0.2) is 0 Å². The summed E-state index contributed by atoms with van der Waals surface area (Å²) < 4.78 is 5.53. The van der Waals surface area contributed by atoms with Crippen molar-refractivity contribution in [3.63, 3.8) is 0 Å². The first-order chi connectivity index (χ1) is 12.4. The first-order valence-electron chi connectivity index (χ1n) is 9.84. The molecule has 4 rings (SSSR count). The van der Waals surface area contributed by atoms with Crippen LogP contribution in [-0.4, -0.2) is 18.7 Å². The van der Waals surface area contributed by atoms with Crippen LogP contribution in [0.1, 0.15) is 47.0 Å². The van der Waals surface area contributed by atoms with Crippen molar-refractivity contribution in [2.24, 2.45) is 16.7 Å². The van der Waals surface area contributed by atoms with Gasteiger partial charge in [0.25, 0.3) is 0 Å². The SMILES string of the molecule is CCOC(=O)N(c1cccc2ccccc12)C1CC2CCC1(C)C2(C)C. The van der Waals surface area contributed by atoms with Gasteiger partial charge in [-0.05, 0) is 54.4 Å². The van der Waals surface area contributed by atoms with Gasteiger partial charge in [-0.2, -0.15) is 0 Å². The second kappa shape index (κ2) is 6.00. The Labute approximate surface area is 156 Å². The maximum atomic E-state index is 13.1. The molecule has 138 valence electrons. The lowest BCUT2D eigenvalue weighted by Crippen LogP contribution is -2.50. The Bertz CT molecular complexity index is 838. The average molecular weight is 351 g/mol. The van der Waals surface area contributed by atoms with Gasteiger partial charge in [-0.15, -0.1) is 0 Å². The van der Waals surface area contributed by atoms with Gasteiger partial charge in [0, 0.05) is 11.4 Å². The number of anilines is 1. The monoisotopic (exact) mass is 351 g/mol. The maximum absolute atomic E-state index is 13.1. The third-order valence-electron chi connectivity index (χ3n) is 7.55. The minimum Gasteiger partial charge on any atom is -0.449 e. The Morgan fingerprint density at radius 1 is 1.15 bits per heavy atom. The molecule has 3 nitrogen and oxygen atoms in total. The van der Waals surface area contributed by atoms with E-state index in [-0.39, 0.29) is 23.0 Å². The summed E-state index contributed by atoms with van der Waals surface area (Å²) >= 11 is 0. The highest BCUT2D eigenvalue weighted by atomic mass is 16.6. The summed E-state index contributed by atoms with van der Waals surface area (Å²) in [5, 5.41) is 2.28. The highest BCUT2D eigenvalue weighted by molar-refractivity contribution is 6.02. The molecular weight excluding hydrogens is 322 g/mol. The van der Waals surface area contributed by atoms with E-state index in [1.165, 1.54) is 12.8 Å². The van der Waals surface area contributed by atoms with E-state index in [1.54, 1.807) is 0 Å². The van der Waals surface area contributed by atoms with Crippen molar-refractivity contribution in [2.75, 3.05) is 11.5 Å². The molecule has 0 spiro atoms. The number of rotatable bonds is 3. The van der Waals surface area contributed by atoms with Crippen LogP contribution in [-0.2, 0) is 4.74 Å². The molecule has 0 N–H and O–H groups in total. The van der Waals surface area contributed by atoms with Crippen molar-refractivity contribution < 1.29 is 9.53 Å². The van der Waals surface area contributed by atoms with E-state index in [9.17, 15) is 4.79 Å². The summed E-state index contributed by atoms with van der Waals surface area (Å²) in [5.74, 6) is 0.671. The molecule has 0 heterocycles. The molecule has 3 heteroatoms. The molecular formula is C23H29NO2. The Balaban J connectivity index is 1.86. The predicted molar refractivity (Wildman–Crippen MR) is 106 cm³/mol. The van der Waals surface area contributed by atoms with Crippen molar-refractivity contribution in [1.82, 2.24) is 0 Å². The molecule has 26 heavy (non-hydrogen) atoms. The number of hydrogen-bond donors (Lipinski definition) is 0. The lowest BCUT2D eigenvalue weighted by Gasteiger charge is -2.44. The minimum absolute atomic E-state index is 0.112. The Morgan fingerprint density at radius 3 is 2.54 bits per heavy atom. The molecule has 0 saturated heterocycles. The van der Waals surface area contributed by atoms with Crippen LogP contribution in [0.4, 0.5) is 10.5 Å². The second-order valence-electron chi connectivity index (χ2n) is 8.69. The zero-order chi connectivity index (χ0) is 18.5. The topological polar surface area (TPSA) is 29.5 Å². The fourth-order valence-corrected chi connectivity index (χ4v) is 5.56. The smallest absolute Gasteiger partial charge is 0.414 e. The van der Waals surface area contributed by atoms with Gasteiger partial charge in [0.1, 0.15) is 0 Å². The van der Waals surface area contributed by atoms with Gasteiger partial charge >= 0.3 is 6.09 Å². The van der Waals surface area contributed by atoms with Gasteiger partial charge in [0.05, 0.1) is 12.3 Å². The first kappa shape index (κ1) is 17.4. The van der Waals surface area contributed by atoms with Crippen LogP contribution in [0.3, 0.4) is 0 Å². The molecule has 2 aliphatic rings. The van der Waals surface area contributed by atoms with Gasteiger partial charge in [0.2, 0.25) is 0 Å². The number of amides is 1. The quantitative estimate of drug-likeness (QED) is 0.677. The normalized spacial score (nSPS) is 29.1. The molecule has 2 bridgehead atoms. The Hall–Kier alpha value is -2.03. The third kappa shape index (κ3) is 2.29. The zero-order valence-electron chi connectivity index (χ0n) is 16.3. The van der Waals surface area contributed by atoms with Gasteiger partial charge < -0.3 is 4.74 Å². The van der Waals surface area contributed by atoms with Crippen LogP contribution in [0.25, 0.3) is 10.8 Å². The van der Waals surface area contributed by atoms with Crippen LogP contribution < -0.4 is 4.90 Å². The standard InChI is InChI=1S/C23H29NO2/c1-5-26-21(25)24(19-12-8-10-16-9-6-7-11-18(16)19)20-15-17-13-14-23(20,4)22(17,2)3/h6-12,17,20H,5,13-15H2,1-4H3. The van der Waals surface area contributed by atoms with E-state index in [4.69, 9.17) is 4.74 Å². The summed E-state index contributed by atoms with van der Waals surface area (Å²) in [7, 11) is 0. The van der Waals surface area contributed by atoms with Crippen molar-refractivity contribution in [2.45, 2.75) is 53.0 Å². The molecule has 2 aliphatic carbocycles. The second-order valence-corrected chi connectivity index (χ2v) is 8.69. The van der Waals surface area contributed by atoms with E-state index in [1.807, 2.05) is 30.0 Å². The predicted octanol–water partition coefficient (Wildman–Crippen LogP) is 6.02. The summed E-state index contributed by atoms with van der Waals surface area (Å²) in [6, 6.07) is 14.7. The molecule has 3 atom stereocenters. The number of nitrogens with zero attached hydrogens (tertiary/aromatic N) is 1. The van der Waals surface area contributed by atoms with Gasteiger partial charge in [-0.3, -0.25) is 4.90 Å². The number of ether oxygens (including phenoxy) is 1. The van der Waals surface area contributed by atoms with E-state index in [0.29, 0.717) is 12.5 Å².